The van der Waals surface area contributed by atoms with Gasteiger partial charge in [-0.3, -0.25) is 14.4 Å². The van der Waals surface area contributed by atoms with Gasteiger partial charge in [-0.25, -0.2) is 0 Å². The molecule has 1 heterocycles. The zero-order chi connectivity index (χ0) is 20.4. The molecule has 0 aliphatic carbocycles. The zero-order valence-electron chi connectivity index (χ0n) is 16.7. The zero-order valence-corrected chi connectivity index (χ0v) is 16.7. The number of benzene rings is 1. The van der Waals surface area contributed by atoms with Crippen molar-refractivity contribution in [1.82, 2.24) is 15.5 Å². The van der Waals surface area contributed by atoms with Crippen molar-refractivity contribution >= 4 is 17.7 Å². The van der Waals surface area contributed by atoms with Crippen molar-refractivity contribution in [3.8, 4) is 0 Å². The van der Waals surface area contributed by atoms with E-state index in [1.807, 2.05) is 37.3 Å². The van der Waals surface area contributed by atoms with Gasteiger partial charge < -0.3 is 21.3 Å². The summed E-state index contributed by atoms with van der Waals surface area (Å²) in [6.07, 6.45) is 3.16. The van der Waals surface area contributed by atoms with E-state index in [0.717, 1.165) is 24.8 Å². The standard InChI is InChI=1S/C21H32N4O3/c1-2-7-18(24-19(26)14-16-8-4-3-5-9-16)21(28)25-13-6-10-17(15-25)20(27)23-12-11-22/h3-5,8-9,17-18H,2,6-7,10-15,22H2,1H3,(H,23,27)(H,24,26). The average molecular weight is 389 g/mol. The van der Waals surface area contributed by atoms with Crippen LogP contribution in [0, 0.1) is 5.92 Å². The molecular weight excluding hydrogens is 356 g/mol. The summed E-state index contributed by atoms with van der Waals surface area (Å²) in [5.41, 5.74) is 6.35. The Hall–Kier alpha value is -2.41. The molecule has 0 saturated carbocycles. The van der Waals surface area contributed by atoms with Crippen LogP contribution >= 0.6 is 0 Å². The first-order valence-electron chi connectivity index (χ1n) is 10.1. The van der Waals surface area contributed by atoms with Gasteiger partial charge in [-0.05, 0) is 24.8 Å². The lowest BCUT2D eigenvalue weighted by molar-refractivity contribution is -0.140. The van der Waals surface area contributed by atoms with Crippen LogP contribution in [-0.2, 0) is 20.8 Å². The fraction of sp³-hybridized carbons (Fsp3) is 0.571. The third-order valence-electron chi connectivity index (χ3n) is 4.97. The van der Waals surface area contributed by atoms with Crippen LogP contribution in [0.2, 0.25) is 0 Å². The van der Waals surface area contributed by atoms with E-state index in [1.165, 1.54) is 0 Å². The Balaban J connectivity index is 1.95. The first kappa shape index (κ1) is 21.9. The van der Waals surface area contributed by atoms with Gasteiger partial charge in [0.2, 0.25) is 17.7 Å². The van der Waals surface area contributed by atoms with E-state index in [4.69, 9.17) is 5.73 Å². The van der Waals surface area contributed by atoms with Crippen molar-refractivity contribution in [2.75, 3.05) is 26.2 Å². The first-order valence-corrected chi connectivity index (χ1v) is 10.1. The third-order valence-corrected chi connectivity index (χ3v) is 4.97. The van der Waals surface area contributed by atoms with E-state index in [-0.39, 0.29) is 30.1 Å². The van der Waals surface area contributed by atoms with Crippen molar-refractivity contribution in [3.05, 3.63) is 35.9 Å². The quantitative estimate of drug-likeness (QED) is 0.583. The molecule has 154 valence electrons. The molecule has 28 heavy (non-hydrogen) atoms. The van der Waals surface area contributed by atoms with Crippen LogP contribution in [0.25, 0.3) is 0 Å². The topological polar surface area (TPSA) is 105 Å². The minimum Gasteiger partial charge on any atom is -0.355 e. The molecule has 4 N–H and O–H groups in total. The molecule has 1 aromatic rings. The summed E-state index contributed by atoms with van der Waals surface area (Å²) >= 11 is 0. The van der Waals surface area contributed by atoms with Gasteiger partial charge >= 0.3 is 0 Å². The highest BCUT2D eigenvalue weighted by molar-refractivity contribution is 5.89. The summed E-state index contributed by atoms with van der Waals surface area (Å²) in [6, 6.07) is 8.92. The highest BCUT2D eigenvalue weighted by Crippen LogP contribution is 2.18. The van der Waals surface area contributed by atoms with Crippen LogP contribution in [-0.4, -0.2) is 54.8 Å². The summed E-state index contributed by atoms with van der Waals surface area (Å²) in [5, 5.41) is 5.70. The lowest BCUT2D eigenvalue weighted by Gasteiger charge is -2.34. The summed E-state index contributed by atoms with van der Waals surface area (Å²) in [5.74, 6) is -0.526. The Morgan fingerprint density at radius 1 is 1.25 bits per heavy atom. The molecular formula is C21H32N4O3. The monoisotopic (exact) mass is 388 g/mol. The van der Waals surface area contributed by atoms with Crippen molar-refractivity contribution < 1.29 is 14.4 Å². The number of carbonyl (C=O) groups is 3. The van der Waals surface area contributed by atoms with Crippen molar-refractivity contribution in [3.63, 3.8) is 0 Å². The van der Waals surface area contributed by atoms with Gasteiger partial charge in [0, 0.05) is 26.2 Å². The van der Waals surface area contributed by atoms with E-state index in [1.54, 1.807) is 4.90 Å². The maximum Gasteiger partial charge on any atom is 0.245 e. The number of amides is 3. The number of nitrogens with one attached hydrogen (secondary N) is 2. The number of hydrogen-bond donors (Lipinski definition) is 3. The molecule has 1 fully saturated rings. The molecule has 1 aliphatic heterocycles. The van der Waals surface area contributed by atoms with Crippen LogP contribution in [0.5, 0.6) is 0 Å². The number of likely N-dealkylation sites (tertiary alicyclic amines) is 1. The van der Waals surface area contributed by atoms with E-state index in [9.17, 15) is 14.4 Å². The summed E-state index contributed by atoms with van der Waals surface area (Å²) < 4.78 is 0. The van der Waals surface area contributed by atoms with Crippen LogP contribution in [0.15, 0.2) is 30.3 Å². The fourth-order valence-corrected chi connectivity index (χ4v) is 3.52. The molecule has 0 radical (unpaired) electrons. The SMILES string of the molecule is CCCC(NC(=O)Cc1ccccc1)C(=O)N1CCCC(C(=O)NCCN)C1. The van der Waals surface area contributed by atoms with Gasteiger partial charge in [-0.2, -0.15) is 0 Å². The second kappa shape index (κ2) is 11.4. The summed E-state index contributed by atoms with van der Waals surface area (Å²) in [6.45, 7) is 3.84. The Morgan fingerprint density at radius 2 is 2.00 bits per heavy atom. The first-order chi connectivity index (χ1) is 13.5. The van der Waals surface area contributed by atoms with Gasteiger partial charge in [0.05, 0.1) is 12.3 Å². The smallest absolute Gasteiger partial charge is 0.245 e. The molecule has 2 rings (SSSR count). The molecule has 1 saturated heterocycles. The van der Waals surface area contributed by atoms with Crippen LogP contribution in [0.4, 0.5) is 0 Å². The molecule has 7 heteroatoms. The van der Waals surface area contributed by atoms with Crippen molar-refractivity contribution in [2.24, 2.45) is 11.7 Å². The molecule has 2 unspecified atom stereocenters. The number of rotatable bonds is 9. The van der Waals surface area contributed by atoms with E-state index >= 15 is 0 Å². The third kappa shape index (κ3) is 6.64. The minimum atomic E-state index is -0.549. The lowest BCUT2D eigenvalue weighted by atomic mass is 9.96. The Bertz CT molecular complexity index is 650. The highest BCUT2D eigenvalue weighted by atomic mass is 16.2. The molecule has 0 spiro atoms. The second-order valence-corrected chi connectivity index (χ2v) is 7.27. The molecule has 1 aromatic carbocycles. The van der Waals surface area contributed by atoms with Crippen molar-refractivity contribution in [2.45, 2.75) is 45.1 Å². The fourth-order valence-electron chi connectivity index (χ4n) is 3.52. The minimum absolute atomic E-state index is 0.0527. The molecule has 7 nitrogen and oxygen atoms in total. The number of hydrogen-bond acceptors (Lipinski definition) is 4. The summed E-state index contributed by atoms with van der Waals surface area (Å²) in [4.78, 5) is 39.4. The normalized spacial score (nSPS) is 17.6. The Labute approximate surface area is 167 Å². The lowest BCUT2D eigenvalue weighted by Crippen LogP contribution is -2.53. The largest absolute Gasteiger partial charge is 0.355 e. The van der Waals surface area contributed by atoms with E-state index < -0.39 is 6.04 Å². The molecule has 0 bridgehead atoms. The predicted octanol–water partition coefficient (Wildman–Crippen LogP) is 0.828. The van der Waals surface area contributed by atoms with E-state index in [2.05, 4.69) is 10.6 Å². The summed E-state index contributed by atoms with van der Waals surface area (Å²) in [7, 11) is 0. The van der Waals surface area contributed by atoms with Crippen molar-refractivity contribution in [1.29, 1.82) is 0 Å². The van der Waals surface area contributed by atoms with Gasteiger partial charge in [0.1, 0.15) is 6.04 Å². The Kier molecular flexibility index (Phi) is 8.94. The second-order valence-electron chi connectivity index (χ2n) is 7.27. The van der Waals surface area contributed by atoms with Gasteiger partial charge in [-0.15, -0.1) is 0 Å². The number of piperidine rings is 1. The van der Waals surface area contributed by atoms with Gasteiger partial charge in [0.15, 0.2) is 0 Å². The number of nitrogens with two attached hydrogens (primary N) is 1. The number of carbonyl (C=O) groups excluding carboxylic acids is 3. The maximum absolute atomic E-state index is 13.0. The van der Waals surface area contributed by atoms with E-state index in [0.29, 0.717) is 32.6 Å². The highest BCUT2D eigenvalue weighted by Gasteiger charge is 2.32. The molecule has 1 aliphatic rings. The molecule has 0 aromatic heterocycles. The predicted molar refractivity (Wildman–Crippen MR) is 108 cm³/mol. The number of nitrogens with zero attached hydrogens (tertiary/aromatic N) is 1. The maximum atomic E-state index is 13.0. The average Bonchev–Trinajstić information content (AvgIpc) is 2.72. The van der Waals surface area contributed by atoms with Gasteiger partial charge in [0.25, 0.3) is 0 Å². The van der Waals surface area contributed by atoms with Crippen LogP contribution in [0.3, 0.4) is 0 Å². The Morgan fingerprint density at radius 3 is 2.68 bits per heavy atom. The van der Waals surface area contributed by atoms with Crippen LogP contribution < -0.4 is 16.4 Å². The van der Waals surface area contributed by atoms with Gasteiger partial charge in [-0.1, -0.05) is 43.7 Å². The molecule has 3 amide bonds. The van der Waals surface area contributed by atoms with Crippen LogP contribution in [0.1, 0.15) is 38.2 Å². The molecule has 2 atom stereocenters.